The summed E-state index contributed by atoms with van der Waals surface area (Å²) in [7, 11) is -2.61. The number of carboxylic acid groups (broad SMARTS) is 1. The van der Waals surface area contributed by atoms with Crippen LogP contribution >= 0.6 is 28.3 Å². The smallest absolute Gasteiger partial charge is 0.339 e. The van der Waals surface area contributed by atoms with Gasteiger partial charge in [-0.3, -0.25) is 15.2 Å². The number of aromatic carboxylic acids is 1. The minimum atomic E-state index is -3.97. The van der Waals surface area contributed by atoms with Crippen LogP contribution in [0.5, 0.6) is 5.75 Å². The Hall–Kier alpha value is -4.06. The topological polar surface area (TPSA) is 116 Å². The number of carbonyl (C=O) groups is 2. The minimum Gasteiger partial charge on any atom is -0.496 e. The molecule has 4 aromatic carbocycles. The summed E-state index contributed by atoms with van der Waals surface area (Å²) in [6.45, 7) is 1.68. The van der Waals surface area contributed by atoms with Gasteiger partial charge in [-0.25, -0.2) is 13.2 Å². The van der Waals surface area contributed by atoms with Crippen molar-refractivity contribution in [2.45, 2.75) is 35.5 Å². The van der Waals surface area contributed by atoms with E-state index in [9.17, 15) is 23.1 Å². The number of hydrazine groups is 1. The number of carbonyl (C=O) groups excluding carboxylic acids is 1. The number of anilines is 3. The maximum absolute atomic E-state index is 13.9. The van der Waals surface area contributed by atoms with Crippen LogP contribution in [0.1, 0.15) is 35.2 Å². The highest BCUT2D eigenvalue weighted by Crippen LogP contribution is 2.39. The average molecular weight is 715 g/mol. The number of piperidine rings is 1. The first-order valence-corrected chi connectivity index (χ1v) is 16.4. The summed E-state index contributed by atoms with van der Waals surface area (Å²) in [5.74, 6) is -1.48. The predicted molar refractivity (Wildman–Crippen MR) is 180 cm³/mol. The minimum absolute atomic E-state index is 0. The van der Waals surface area contributed by atoms with Crippen molar-refractivity contribution in [1.29, 1.82) is 0 Å². The number of methoxy groups -OCH3 is 1. The maximum atomic E-state index is 13.9. The molecule has 1 amide bonds. The third-order valence-electron chi connectivity index (χ3n) is 7.46. The second-order valence-corrected chi connectivity index (χ2v) is 13.1. The zero-order valence-electron chi connectivity index (χ0n) is 24.5. The molecule has 0 unspecified atom stereocenters. The molecule has 45 heavy (non-hydrogen) atoms. The van der Waals surface area contributed by atoms with Crippen LogP contribution in [0.15, 0.2) is 105 Å². The molecule has 236 valence electrons. The average Bonchev–Trinajstić information content (AvgIpc) is 3.05. The highest BCUT2D eigenvalue weighted by Gasteiger charge is 2.28. The van der Waals surface area contributed by atoms with Crippen LogP contribution < -0.4 is 20.1 Å². The number of para-hydroxylation sites is 3. The maximum Gasteiger partial charge on any atom is 0.339 e. The fourth-order valence-electron chi connectivity index (χ4n) is 5.31. The molecule has 0 saturated carbocycles. The Kier molecular flexibility index (Phi) is 11.1. The molecule has 1 fully saturated rings. The fourth-order valence-corrected chi connectivity index (χ4v) is 7.25. The van der Waals surface area contributed by atoms with Crippen molar-refractivity contribution in [3.8, 4) is 5.75 Å². The van der Waals surface area contributed by atoms with Crippen LogP contribution in [0.4, 0.5) is 17.1 Å². The summed E-state index contributed by atoms with van der Waals surface area (Å²) in [5, 5.41) is 11.1. The monoisotopic (exact) mass is 713 g/mol. The van der Waals surface area contributed by atoms with E-state index in [1.54, 1.807) is 53.5 Å². The number of carboxylic acids is 1. The lowest BCUT2D eigenvalue weighted by molar-refractivity contribution is -0.120. The van der Waals surface area contributed by atoms with Gasteiger partial charge in [-0.2, -0.15) is 0 Å². The first kappa shape index (κ1) is 33.8. The Labute approximate surface area is 277 Å². The largest absolute Gasteiger partial charge is 0.496 e. The van der Waals surface area contributed by atoms with Crippen LogP contribution in [0.3, 0.4) is 0 Å². The molecule has 0 aromatic heterocycles. The van der Waals surface area contributed by atoms with E-state index < -0.39 is 21.7 Å². The van der Waals surface area contributed by atoms with Crippen LogP contribution in [-0.4, -0.2) is 45.6 Å². The number of ether oxygens (including phenoxy) is 1. The second-order valence-electron chi connectivity index (χ2n) is 10.3. The van der Waals surface area contributed by atoms with E-state index in [1.165, 1.54) is 25.3 Å². The molecule has 5 rings (SSSR count). The summed E-state index contributed by atoms with van der Waals surface area (Å²) in [5.41, 5.74) is 5.20. The van der Waals surface area contributed by atoms with Gasteiger partial charge in [0.05, 0.1) is 40.4 Å². The normalized spacial score (nSPS) is 13.0. The Morgan fingerprint density at radius 1 is 0.911 bits per heavy atom. The number of hydrogen-bond acceptors (Lipinski definition) is 7. The molecule has 2 N–H and O–H groups in total. The van der Waals surface area contributed by atoms with Crippen molar-refractivity contribution >= 4 is 67.1 Å². The molecule has 12 heteroatoms. The molecule has 0 radical (unpaired) electrons. The number of benzene rings is 4. The summed E-state index contributed by atoms with van der Waals surface area (Å²) in [4.78, 5) is 27.8. The van der Waals surface area contributed by atoms with Crippen LogP contribution in [-0.2, 0) is 21.1 Å². The molecule has 1 aliphatic rings. The Morgan fingerprint density at radius 2 is 1.53 bits per heavy atom. The molecule has 0 spiro atoms. The molecular formula is C33H33BrClN3O6S. The van der Waals surface area contributed by atoms with Gasteiger partial charge in [0.25, 0.3) is 0 Å². The zero-order valence-corrected chi connectivity index (χ0v) is 27.7. The summed E-state index contributed by atoms with van der Waals surface area (Å²) < 4.78 is 33.6. The molecule has 0 aliphatic carbocycles. The summed E-state index contributed by atoms with van der Waals surface area (Å²) in [6.07, 6.45) is 3.05. The van der Waals surface area contributed by atoms with Crippen molar-refractivity contribution in [3.05, 3.63) is 107 Å². The van der Waals surface area contributed by atoms with E-state index in [0.29, 0.717) is 15.7 Å². The lowest BCUT2D eigenvalue weighted by Crippen LogP contribution is -2.42. The number of rotatable bonds is 10. The van der Waals surface area contributed by atoms with Crippen molar-refractivity contribution in [1.82, 2.24) is 5.43 Å². The third-order valence-corrected chi connectivity index (χ3v) is 10.0. The molecular weight excluding hydrogens is 682 g/mol. The molecule has 0 bridgehead atoms. The molecule has 9 nitrogen and oxygen atoms in total. The van der Waals surface area contributed by atoms with Gasteiger partial charge in [-0.15, -0.1) is 12.4 Å². The number of nitrogens with one attached hydrogen (secondary N) is 1. The van der Waals surface area contributed by atoms with Crippen molar-refractivity contribution in [2.24, 2.45) is 0 Å². The highest BCUT2D eigenvalue weighted by molar-refractivity contribution is 9.10. The van der Waals surface area contributed by atoms with E-state index in [1.807, 2.05) is 24.3 Å². The highest BCUT2D eigenvalue weighted by atomic mass is 79.9. The van der Waals surface area contributed by atoms with Crippen molar-refractivity contribution < 1.29 is 27.9 Å². The summed E-state index contributed by atoms with van der Waals surface area (Å²) in [6, 6.07) is 25.3. The number of amides is 1. The Balaban J connectivity index is 0.00000461. The number of halogens is 2. The van der Waals surface area contributed by atoms with Crippen LogP contribution in [0.25, 0.3) is 0 Å². The predicted octanol–water partition coefficient (Wildman–Crippen LogP) is 6.81. The van der Waals surface area contributed by atoms with E-state index >= 15 is 0 Å². The van der Waals surface area contributed by atoms with Gasteiger partial charge in [0, 0.05) is 17.6 Å². The van der Waals surface area contributed by atoms with Gasteiger partial charge >= 0.3 is 5.97 Å². The van der Waals surface area contributed by atoms with Crippen molar-refractivity contribution in [3.63, 3.8) is 0 Å². The standard InChI is InChI=1S/C33H32BrN3O6S.ClH/c1-43-30-20-23(26(34)22-25(30)33(39)40)21-32(38)35-37(28-15-7-6-14-27(28)36-18-10-3-11-19-36)29-16-8-9-17-31(29)44(41,42)24-12-4-2-5-13-24;/h2,4-9,12-17,20,22H,3,10-11,18-19,21H2,1H3,(H,35,38)(H,39,40);1H. The number of sulfone groups is 1. The molecule has 0 atom stereocenters. The van der Waals surface area contributed by atoms with Crippen molar-refractivity contribution in [2.75, 3.05) is 30.1 Å². The Morgan fingerprint density at radius 3 is 2.20 bits per heavy atom. The number of hydrogen-bond donors (Lipinski definition) is 2. The lowest BCUT2D eigenvalue weighted by atomic mass is 10.1. The van der Waals surface area contributed by atoms with Gasteiger partial charge < -0.3 is 14.7 Å². The van der Waals surface area contributed by atoms with E-state index in [0.717, 1.165) is 38.0 Å². The van der Waals surface area contributed by atoms with E-state index in [-0.39, 0.29) is 45.6 Å². The lowest BCUT2D eigenvalue weighted by Gasteiger charge is -2.35. The molecule has 4 aromatic rings. The van der Waals surface area contributed by atoms with Crippen LogP contribution in [0, 0.1) is 0 Å². The first-order chi connectivity index (χ1) is 21.2. The van der Waals surface area contributed by atoms with Crippen LogP contribution in [0.2, 0.25) is 0 Å². The molecule has 1 aliphatic heterocycles. The van der Waals surface area contributed by atoms with Gasteiger partial charge in [-0.1, -0.05) is 58.4 Å². The number of nitrogens with zero attached hydrogens (tertiary/aromatic N) is 2. The SMILES string of the molecule is COc1cc(CC(=O)NN(c2ccccc2N2CCCCC2)c2ccccc2S(=O)(=O)c2ccccc2)c(Br)cc1C(=O)O.Cl. The first-order valence-electron chi connectivity index (χ1n) is 14.1. The van der Waals surface area contributed by atoms with Gasteiger partial charge in [-0.05, 0) is 73.4 Å². The van der Waals surface area contributed by atoms with Gasteiger partial charge in [0.1, 0.15) is 11.3 Å². The second kappa shape index (κ2) is 14.8. The molecule has 1 saturated heterocycles. The third kappa shape index (κ3) is 7.43. The Bertz CT molecular complexity index is 1780. The molecule has 1 heterocycles. The summed E-state index contributed by atoms with van der Waals surface area (Å²) >= 11 is 3.39. The quantitative estimate of drug-likeness (QED) is 0.172. The van der Waals surface area contributed by atoms with Gasteiger partial charge in [0.15, 0.2) is 0 Å². The van der Waals surface area contributed by atoms with Gasteiger partial charge in [0.2, 0.25) is 15.7 Å². The van der Waals surface area contributed by atoms with E-state index in [4.69, 9.17) is 4.74 Å². The fraction of sp³-hybridized carbons (Fsp3) is 0.212. The zero-order chi connectivity index (χ0) is 31.3. The van der Waals surface area contributed by atoms with E-state index in [2.05, 4.69) is 26.3 Å².